The first-order valence-corrected chi connectivity index (χ1v) is 9.39. The molecule has 0 amide bonds. The molecule has 3 heterocycles. The molecule has 0 aromatic carbocycles. The number of fused-ring (bicyclic) bond motifs is 1. The van der Waals surface area contributed by atoms with Crippen molar-refractivity contribution in [2.45, 2.75) is 44.8 Å². The van der Waals surface area contributed by atoms with Gasteiger partial charge < -0.3 is 4.57 Å². The second-order valence-corrected chi connectivity index (χ2v) is 7.50. The van der Waals surface area contributed by atoms with E-state index in [1.165, 1.54) is 12.3 Å². The monoisotopic (exact) mass is 410 g/mol. The topological polar surface area (TPSA) is 52.7 Å². The van der Waals surface area contributed by atoms with E-state index in [1.807, 2.05) is 13.1 Å². The summed E-state index contributed by atoms with van der Waals surface area (Å²) in [7, 11) is 1.74. The van der Waals surface area contributed by atoms with Crippen LogP contribution in [-0.2, 0) is 26.2 Å². The largest absolute Gasteiger partial charge is 0.434 e. The molecule has 1 fully saturated rings. The number of hydrogen-bond donors (Lipinski definition) is 0. The van der Waals surface area contributed by atoms with Crippen molar-refractivity contribution in [1.29, 1.82) is 0 Å². The summed E-state index contributed by atoms with van der Waals surface area (Å²) in [5.41, 5.74) is 1.52. The Morgan fingerprint density at radius 3 is 2.61 bits per heavy atom. The molecule has 4 rings (SSSR count). The Morgan fingerprint density at radius 2 is 2.04 bits per heavy atom. The second kappa shape index (κ2) is 6.62. The van der Waals surface area contributed by atoms with E-state index in [2.05, 4.69) is 10.1 Å². The standard InChI is InChI=1S/C19H18ClF3N4O/c1-3-27-9-12(11-4-5-11)15-14(26(2)25-16(15)18(27)28)7-10-6-13(20)17(24-8-10)19(21,22)23/h6,8-9,11H,3-5,7H2,1-2H3. The zero-order valence-electron chi connectivity index (χ0n) is 15.3. The second-order valence-electron chi connectivity index (χ2n) is 7.09. The van der Waals surface area contributed by atoms with Crippen LogP contribution in [0.2, 0.25) is 5.02 Å². The van der Waals surface area contributed by atoms with Crippen LogP contribution in [0.1, 0.15) is 48.2 Å². The predicted molar refractivity (Wildman–Crippen MR) is 99.7 cm³/mol. The van der Waals surface area contributed by atoms with Crippen molar-refractivity contribution in [1.82, 2.24) is 19.3 Å². The van der Waals surface area contributed by atoms with Gasteiger partial charge in [0.25, 0.3) is 5.56 Å². The average Bonchev–Trinajstić information content (AvgIpc) is 3.40. The summed E-state index contributed by atoms with van der Waals surface area (Å²) in [6, 6.07) is 1.28. The number of nitrogens with zero attached hydrogens (tertiary/aromatic N) is 4. The summed E-state index contributed by atoms with van der Waals surface area (Å²) in [4.78, 5) is 16.2. The Hall–Kier alpha value is -2.35. The van der Waals surface area contributed by atoms with Gasteiger partial charge >= 0.3 is 6.18 Å². The zero-order valence-corrected chi connectivity index (χ0v) is 16.1. The summed E-state index contributed by atoms with van der Waals surface area (Å²) in [6.07, 6.45) is 0.869. The van der Waals surface area contributed by atoms with Crippen molar-refractivity contribution >= 4 is 22.5 Å². The normalized spacial score (nSPS) is 14.8. The van der Waals surface area contributed by atoms with Gasteiger partial charge in [-0.05, 0) is 42.9 Å². The summed E-state index contributed by atoms with van der Waals surface area (Å²) in [5.74, 6) is 0.387. The Labute approximate surface area is 163 Å². The fraction of sp³-hybridized carbons (Fsp3) is 0.421. The van der Waals surface area contributed by atoms with E-state index in [4.69, 9.17) is 11.6 Å². The number of aryl methyl sites for hydroxylation is 2. The van der Waals surface area contributed by atoms with E-state index in [1.54, 1.807) is 16.3 Å². The molecule has 5 nitrogen and oxygen atoms in total. The number of alkyl halides is 3. The van der Waals surface area contributed by atoms with Crippen molar-refractivity contribution in [2.75, 3.05) is 0 Å². The highest BCUT2D eigenvalue weighted by atomic mass is 35.5. The van der Waals surface area contributed by atoms with E-state index in [9.17, 15) is 18.0 Å². The lowest BCUT2D eigenvalue weighted by atomic mass is 10.0. The Bertz CT molecular complexity index is 1130. The molecule has 3 aromatic heterocycles. The number of aromatic nitrogens is 4. The molecule has 0 N–H and O–H groups in total. The fourth-order valence-electron chi connectivity index (χ4n) is 3.56. The molecule has 148 valence electrons. The van der Waals surface area contributed by atoms with E-state index in [0.29, 0.717) is 23.5 Å². The highest BCUT2D eigenvalue weighted by Gasteiger charge is 2.35. The smallest absolute Gasteiger partial charge is 0.314 e. The van der Waals surface area contributed by atoms with Gasteiger partial charge in [-0.1, -0.05) is 11.6 Å². The lowest BCUT2D eigenvalue weighted by molar-refractivity contribution is -0.141. The fourth-order valence-corrected chi connectivity index (χ4v) is 3.85. The third-order valence-electron chi connectivity index (χ3n) is 5.11. The molecule has 0 radical (unpaired) electrons. The van der Waals surface area contributed by atoms with Crippen molar-refractivity contribution in [3.8, 4) is 0 Å². The van der Waals surface area contributed by atoms with Crippen LogP contribution in [0.4, 0.5) is 13.2 Å². The van der Waals surface area contributed by atoms with Crippen LogP contribution in [-0.4, -0.2) is 19.3 Å². The van der Waals surface area contributed by atoms with Gasteiger partial charge in [0.05, 0.1) is 10.7 Å². The van der Waals surface area contributed by atoms with Gasteiger partial charge in [0.15, 0.2) is 11.2 Å². The molecule has 28 heavy (non-hydrogen) atoms. The van der Waals surface area contributed by atoms with Gasteiger partial charge in [-0.15, -0.1) is 0 Å². The Kier molecular flexibility index (Phi) is 4.49. The third-order valence-corrected chi connectivity index (χ3v) is 5.40. The van der Waals surface area contributed by atoms with Crippen molar-refractivity contribution in [3.05, 3.63) is 56.4 Å². The van der Waals surface area contributed by atoms with Gasteiger partial charge in [-0.2, -0.15) is 18.3 Å². The Morgan fingerprint density at radius 1 is 1.32 bits per heavy atom. The molecule has 0 unspecified atom stereocenters. The molecule has 1 aliphatic rings. The van der Waals surface area contributed by atoms with Gasteiger partial charge in [-0.3, -0.25) is 14.5 Å². The number of pyridine rings is 2. The number of halogens is 4. The van der Waals surface area contributed by atoms with Crippen molar-refractivity contribution < 1.29 is 13.2 Å². The summed E-state index contributed by atoms with van der Waals surface area (Å²) in [5, 5.41) is 4.78. The van der Waals surface area contributed by atoms with E-state index in [0.717, 1.165) is 29.5 Å². The van der Waals surface area contributed by atoms with Gasteiger partial charge in [0.2, 0.25) is 0 Å². The van der Waals surface area contributed by atoms with Crippen LogP contribution in [0.25, 0.3) is 10.9 Å². The molecular formula is C19H18ClF3N4O. The molecule has 1 saturated carbocycles. The molecule has 0 atom stereocenters. The Balaban J connectivity index is 1.84. The molecule has 0 saturated heterocycles. The van der Waals surface area contributed by atoms with Crippen molar-refractivity contribution in [2.24, 2.45) is 7.05 Å². The van der Waals surface area contributed by atoms with Gasteiger partial charge in [-0.25, -0.2) is 0 Å². The molecular weight excluding hydrogens is 393 g/mol. The maximum atomic E-state index is 12.9. The molecule has 0 bridgehead atoms. The van der Waals surface area contributed by atoms with E-state index < -0.39 is 16.9 Å². The predicted octanol–water partition coefficient (Wildman–Crippen LogP) is 4.29. The minimum absolute atomic E-state index is 0.160. The minimum atomic E-state index is -4.60. The lowest BCUT2D eigenvalue weighted by Gasteiger charge is -2.11. The molecule has 9 heteroatoms. The number of hydrogen-bond acceptors (Lipinski definition) is 3. The van der Waals surface area contributed by atoms with Gasteiger partial charge in [0, 0.05) is 37.8 Å². The third kappa shape index (κ3) is 3.19. The molecule has 1 aliphatic carbocycles. The maximum absolute atomic E-state index is 12.9. The average molecular weight is 411 g/mol. The molecule has 3 aromatic rings. The summed E-state index contributed by atoms with van der Waals surface area (Å²) in [6.45, 7) is 2.46. The highest BCUT2D eigenvalue weighted by molar-refractivity contribution is 6.31. The lowest BCUT2D eigenvalue weighted by Crippen LogP contribution is -2.20. The van der Waals surface area contributed by atoms with Gasteiger partial charge in [0.1, 0.15) is 0 Å². The first kappa shape index (κ1) is 19.0. The highest BCUT2D eigenvalue weighted by Crippen LogP contribution is 2.43. The van der Waals surface area contributed by atoms with E-state index >= 15 is 0 Å². The first-order valence-electron chi connectivity index (χ1n) is 9.01. The SMILES string of the molecule is CCn1cc(C2CC2)c2c(Cc3cnc(C(F)(F)F)c(Cl)c3)n(C)nc2c1=O. The quantitative estimate of drug-likeness (QED) is 0.644. The summed E-state index contributed by atoms with van der Waals surface area (Å²) < 4.78 is 42.0. The summed E-state index contributed by atoms with van der Waals surface area (Å²) >= 11 is 5.81. The van der Waals surface area contributed by atoms with Crippen LogP contribution in [0, 0.1) is 0 Å². The van der Waals surface area contributed by atoms with Crippen LogP contribution in [0.5, 0.6) is 0 Å². The zero-order chi connectivity index (χ0) is 20.2. The van der Waals surface area contributed by atoms with Crippen LogP contribution in [0.3, 0.4) is 0 Å². The van der Waals surface area contributed by atoms with Crippen LogP contribution < -0.4 is 5.56 Å². The molecule has 0 aliphatic heterocycles. The van der Waals surface area contributed by atoms with Crippen LogP contribution >= 0.6 is 11.6 Å². The number of rotatable bonds is 4. The maximum Gasteiger partial charge on any atom is 0.434 e. The first-order chi connectivity index (χ1) is 13.2. The minimum Gasteiger partial charge on any atom is -0.314 e. The van der Waals surface area contributed by atoms with Crippen LogP contribution in [0.15, 0.2) is 23.3 Å². The van der Waals surface area contributed by atoms with Crippen molar-refractivity contribution in [3.63, 3.8) is 0 Å². The molecule has 0 spiro atoms. The van der Waals surface area contributed by atoms with E-state index in [-0.39, 0.29) is 12.0 Å².